The van der Waals surface area contributed by atoms with Crippen LogP contribution in [0.3, 0.4) is 0 Å². The molecule has 1 N–H and O–H groups in total. The first-order valence-corrected chi connectivity index (χ1v) is 9.89. The lowest BCUT2D eigenvalue weighted by Gasteiger charge is -2.23. The van der Waals surface area contributed by atoms with Crippen molar-refractivity contribution in [1.82, 2.24) is 9.97 Å². The van der Waals surface area contributed by atoms with Gasteiger partial charge in [-0.25, -0.2) is 9.97 Å². The molecule has 2 aromatic carbocycles. The van der Waals surface area contributed by atoms with E-state index in [1.165, 1.54) is 17.3 Å². The zero-order chi connectivity index (χ0) is 22.0. The molecule has 0 bridgehead atoms. The van der Waals surface area contributed by atoms with Gasteiger partial charge in [0.25, 0.3) is 5.78 Å². The topological polar surface area (TPSA) is 92.6 Å². The van der Waals surface area contributed by atoms with Gasteiger partial charge in [-0.3, -0.25) is 14.5 Å². The number of aliphatic hydroxyl groups is 1. The van der Waals surface area contributed by atoms with Gasteiger partial charge in [-0.15, -0.1) is 0 Å². The molecule has 7 nitrogen and oxygen atoms in total. The summed E-state index contributed by atoms with van der Waals surface area (Å²) in [6, 6.07) is 14.9. The molecule has 1 saturated heterocycles. The number of nitrogens with zero attached hydrogens (tertiary/aromatic N) is 3. The van der Waals surface area contributed by atoms with Crippen LogP contribution in [-0.4, -0.2) is 33.4 Å². The maximum Gasteiger partial charge on any atom is 0.302 e. The molecule has 1 aliphatic rings. The molecule has 1 fully saturated rings. The number of ketones is 1. The third-order valence-corrected chi connectivity index (χ3v) is 5.04. The number of amides is 1. The third-order valence-electron chi connectivity index (χ3n) is 5.04. The number of aromatic nitrogens is 2. The molecule has 3 aromatic rings. The standard InChI is InChI=1S/C24H21N3O4/c1-3-31-18-11-9-17(10-12-18)21(28)19-20(16-7-5-15(2)6-8-16)27(23(30)22(19)29)24-25-13-4-14-26-24/h4-14,20,28H,3H2,1-2H3. The smallest absolute Gasteiger partial charge is 0.302 e. The van der Waals surface area contributed by atoms with Crippen molar-refractivity contribution in [3.8, 4) is 5.75 Å². The Morgan fingerprint density at radius 2 is 1.68 bits per heavy atom. The Balaban J connectivity index is 1.88. The van der Waals surface area contributed by atoms with E-state index in [1.807, 2.05) is 38.1 Å². The van der Waals surface area contributed by atoms with Crippen molar-refractivity contribution in [3.63, 3.8) is 0 Å². The largest absolute Gasteiger partial charge is 0.507 e. The normalized spacial score (nSPS) is 17.7. The second kappa shape index (κ2) is 8.39. The fourth-order valence-electron chi connectivity index (χ4n) is 3.55. The van der Waals surface area contributed by atoms with E-state index in [-0.39, 0.29) is 17.3 Å². The molecule has 156 valence electrons. The maximum absolute atomic E-state index is 13.0. The average Bonchev–Trinajstić information content (AvgIpc) is 3.06. The lowest BCUT2D eigenvalue weighted by Crippen LogP contribution is -2.31. The molecule has 1 aliphatic heterocycles. The van der Waals surface area contributed by atoms with Gasteiger partial charge in [0.1, 0.15) is 11.5 Å². The Labute approximate surface area is 179 Å². The van der Waals surface area contributed by atoms with Crippen LogP contribution in [0.4, 0.5) is 5.95 Å². The van der Waals surface area contributed by atoms with Gasteiger partial charge in [-0.2, -0.15) is 0 Å². The number of rotatable bonds is 5. The summed E-state index contributed by atoms with van der Waals surface area (Å²) in [6.45, 7) is 4.34. The Morgan fingerprint density at radius 1 is 1.03 bits per heavy atom. The summed E-state index contributed by atoms with van der Waals surface area (Å²) in [5, 5.41) is 11.1. The van der Waals surface area contributed by atoms with E-state index in [1.54, 1.807) is 30.3 Å². The number of carbonyl (C=O) groups excluding carboxylic acids is 2. The van der Waals surface area contributed by atoms with Gasteiger partial charge < -0.3 is 9.84 Å². The van der Waals surface area contributed by atoms with E-state index in [0.717, 1.165) is 5.56 Å². The fourth-order valence-corrected chi connectivity index (χ4v) is 3.55. The lowest BCUT2D eigenvalue weighted by molar-refractivity contribution is -0.132. The van der Waals surface area contributed by atoms with Crippen molar-refractivity contribution >= 4 is 23.4 Å². The average molecular weight is 415 g/mol. The summed E-state index contributed by atoms with van der Waals surface area (Å²) in [5.74, 6) is -1.09. The van der Waals surface area contributed by atoms with Crippen molar-refractivity contribution in [2.75, 3.05) is 11.5 Å². The fraction of sp³-hybridized carbons (Fsp3) is 0.167. The zero-order valence-corrected chi connectivity index (χ0v) is 17.1. The Bertz CT molecular complexity index is 1140. The van der Waals surface area contributed by atoms with Crippen LogP contribution in [0, 0.1) is 6.92 Å². The van der Waals surface area contributed by atoms with Gasteiger partial charge in [-0.05, 0) is 49.7 Å². The van der Waals surface area contributed by atoms with Crippen molar-refractivity contribution in [2.45, 2.75) is 19.9 Å². The molecule has 4 rings (SSSR count). The SMILES string of the molecule is CCOc1ccc(C(O)=C2C(=O)C(=O)N(c3ncccn3)C2c2ccc(C)cc2)cc1. The van der Waals surface area contributed by atoms with Crippen LogP contribution in [0.1, 0.15) is 29.7 Å². The molecule has 0 aliphatic carbocycles. The summed E-state index contributed by atoms with van der Waals surface area (Å²) < 4.78 is 5.44. The van der Waals surface area contributed by atoms with Crippen LogP contribution in [0.15, 0.2) is 72.6 Å². The van der Waals surface area contributed by atoms with Gasteiger partial charge in [0.05, 0.1) is 18.2 Å². The number of aliphatic hydroxyl groups excluding tert-OH is 1. The monoisotopic (exact) mass is 415 g/mol. The van der Waals surface area contributed by atoms with E-state index >= 15 is 0 Å². The molecular formula is C24H21N3O4. The van der Waals surface area contributed by atoms with Crippen molar-refractivity contribution in [3.05, 3.63) is 89.3 Å². The minimum atomic E-state index is -0.852. The van der Waals surface area contributed by atoms with Gasteiger partial charge in [0.15, 0.2) is 0 Å². The molecule has 1 unspecified atom stereocenters. The van der Waals surface area contributed by atoms with E-state index in [0.29, 0.717) is 23.5 Å². The molecule has 0 radical (unpaired) electrons. The highest BCUT2D eigenvalue weighted by Crippen LogP contribution is 2.41. The van der Waals surface area contributed by atoms with Gasteiger partial charge >= 0.3 is 5.91 Å². The van der Waals surface area contributed by atoms with Crippen LogP contribution in [0.25, 0.3) is 5.76 Å². The Kier molecular flexibility index (Phi) is 5.49. The molecule has 31 heavy (non-hydrogen) atoms. The van der Waals surface area contributed by atoms with Crippen molar-refractivity contribution < 1.29 is 19.4 Å². The molecular weight excluding hydrogens is 394 g/mol. The van der Waals surface area contributed by atoms with Gasteiger partial charge in [0, 0.05) is 18.0 Å². The van der Waals surface area contributed by atoms with E-state index < -0.39 is 17.7 Å². The van der Waals surface area contributed by atoms with Crippen LogP contribution in [-0.2, 0) is 9.59 Å². The van der Waals surface area contributed by atoms with Crippen LogP contribution >= 0.6 is 0 Å². The summed E-state index contributed by atoms with van der Waals surface area (Å²) >= 11 is 0. The number of aryl methyl sites for hydroxylation is 1. The van der Waals surface area contributed by atoms with Gasteiger partial charge in [-0.1, -0.05) is 29.8 Å². The molecule has 1 amide bonds. The summed E-state index contributed by atoms with van der Waals surface area (Å²) in [6.07, 6.45) is 3.00. The molecule has 2 heterocycles. The summed E-state index contributed by atoms with van der Waals surface area (Å²) in [7, 11) is 0. The number of Topliss-reactive ketones (excluding diaryl/α,β-unsaturated/α-hetero) is 1. The van der Waals surface area contributed by atoms with Crippen molar-refractivity contribution in [2.24, 2.45) is 0 Å². The second-order valence-electron chi connectivity index (χ2n) is 7.09. The highest BCUT2D eigenvalue weighted by atomic mass is 16.5. The summed E-state index contributed by atoms with van der Waals surface area (Å²) in [5.41, 5.74) is 2.10. The summed E-state index contributed by atoms with van der Waals surface area (Å²) in [4.78, 5) is 35.6. The quantitative estimate of drug-likeness (QED) is 0.387. The number of hydrogen-bond donors (Lipinski definition) is 1. The van der Waals surface area contributed by atoms with Crippen LogP contribution < -0.4 is 9.64 Å². The van der Waals surface area contributed by atoms with E-state index in [4.69, 9.17) is 4.74 Å². The number of anilines is 1. The first-order valence-electron chi connectivity index (χ1n) is 9.89. The van der Waals surface area contributed by atoms with E-state index in [9.17, 15) is 14.7 Å². The van der Waals surface area contributed by atoms with Gasteiger partial charge in [0.2, 0.25) is 5.95 Å². The second-order valence-corrected chi connectivity index (χ2v) is 7.09. The molecule has 1 aromatic heterocycles. The first kappa shape index (κ1) is 20.3. The van der Waals surface area contributed by atoms with Crippen LogP contribution in [0.2, 0.25) is 0 Å². The Morgan fingerprint density at radius 3 is 2.29 bits per heavy atom. The predicted molar refractivity (Wildman–Crippen MR) is 116 cm³/mol. The highest BCUT2D eigenvalue weighted by Gasteiger charge is 2.48. The highest BCUT2D eigenvalue weighted by molar-refractivity contribution is 6.51. The third kappa shape index (κ3) is 3.77. The van der Waals surface area contributed by atoms with Crippen LogP contribution in [0.5, 0.6) is 5.75 Å². The number of hydrogen-bond acceptors (Lipinski definition) is 6. The van der Waals surface area contributed by atoms with E-state index in [2.05, 4.69) is 9.97 Å². The molecule has 0 spiro atoms. The molecule has 7 heteroatoms. The molecule has 0 saturated carbocycles. The zero-order valence-electron chi connectivity index (χ0n) is 17.1. The first-order chi connectivity index (χ1) is 15.0. The lowest BCUT2D eigenvalue weighted by atomic mass is 9.95. The van der Waals surface area contributed by atoms with Crippen molar-refractivity contribution in [1.29, 1.82) is 0 Å². The minimum absolute atomic E-state index is 0.00883. The number of carbonyl (C=O) groups is 2. The predicted octanol–water partition coefficient (Wildman–Crippen LogP) is 3.81. The maximum atomic E-state index is 13.0. The minimum Gasteiger partial charge on any atom is -0.507 e. The molecule has 1 atom stereocenters. The Hall–Kier alpha value is -4.00. The number of ether oxygens (including phenoxy) is 1. The number of benzene rings is 2.